The van der Waals surface area contributed by atoms with Gasteiger partial charge >= 0.3 is 5.97 Å². The molecule has 3 N–H and O–H groups in total. The van der Waals surface area contributed by atoms with Crippen LogP contribution in [0.1, 0.15) is 34.1 Å². The van der Waals surface area contributed by atoms with Crippen LogP contribution in [0.3, 0.4) is 0 Å². The second-order valence-corrected chi connectivity index (χ2v) is 6.48. The molecule has 0 fully saturated rings. The summed E-state index contributed by atoms with van der Waals surface area (Å²) in [6.45, 7) is 1.81. The number of ether oxygens (including phenoxy) is 1. The number of aliphatic carboxylic acids is 1. The molecular weight excluding hydrogens is 374 g/mol. The van der Waals surface area contributed by atoms with Crippen LogP contribution in [0.5, 0.6) is 11.6 Å². The van der Waals surface area contributed by atoms with Crippen LogP contribution in [-0.4, -0.2) is 39.0 Å². The van der Waals surface area contributed by atoms with Crippen LogP contribution >= 0.6 is 0 Å². The molecule has 1 unspecified atom stereocenters. The third-order valence-corrected chi connectivity index (χ3v) is 4.46. The van der Waals surface area contributed by atoms with Gasteiger partial charge in [0.15, 0.2) is 5.69 Å². The molecule has 2 aromatic carbocycles. The fourth-order valence-electron chi connectivity index (χ4n) is 3.05. The monoisotopic (exact) mass is 395 g/mol. The number of methoxy groups -OCH3 is 1. The number of nitrogens with zero attached hydrogens (tertiary/aromatic N) is 2. The minimum atomic E-state index is -1.05. The first-order valence-corrected chi connectivity index (χ1v) is 8.90. The van der Waals surface area contributed by atoms with Crippen molar-refractivity contribution in [3.63, 3.8) is 0 Å². The largest absolute Gasteiger partial charge is 0.497 e. The lowest BCUT2D eigenvalue weighted by Gasteiger charge is -2.19. The third kappa shape index (κ3) is 4.55. The van der Waals surface area contributed by atoms with Crippen LogP contribution < -0.4 is 10.1 Å². The molecule has 0 saturated carbocycles. The van der Waals surface area contributed by atoms with E-state index in [-0.39, 0.29) is 18.0 Å². The molecule has 0 spiro atoms. The second-order valence-electron chi connectivity index (χ2n) is 6.48. The zero-order valence-corrected chi connectivity index (χ0v) is 16.0. The molecule has 0 aliphatic heterocycles. The molecule has 8 nitrogen and oxygen atoms in total. The molecule has 8 heteroatoms. The van der Waals surface area contributed by atoms with E-state index in [0.717, 1.165) is 5.56 Å². The molecule has 1 heterocycles. The summed E-state index contributed by atoms with van der Waals surface area (Å²) < 4.78 is 6.41. The lowest BCUT2D eigenvalue weighted by atomic mass is 9.98. The molecule has 0 radical (unpaired) electrons. The van der Waals surface area contributed by atoms with E-state index >= 15 is 0 Å². The number of para-hydroxylation sites is 1. The number of aromatic hydroxyl groups is 1. The molecule has 1 atom stereocenters. The quantitative estimate of drug-likeness (QED) is 0.567. The maximum atomic E-state index is 12.7. The maximum Gasteiger partial charge on any atom is 0.305 e. The van der Waals surface area contributed by atoms with E-state index in [0.29, 0.717) is 17.0 Å². The Balaban J connectivity index is 1.87. The van der Waals surface area contributed by atoms with E-state index in [1.54, 1.807) is 49.6 Å². The number of carbonyl (C=O) groups excluding carboxylic acids is 1. The molecule has 3 rings (SSSR count). The average Bonchev–Trinajstić information content (AvgIpc) is 3.09. The van der Waals surface area contributed by atoms with E-state index in [2.05, 4.69) is 10.4 Å². The van der Waals surface area contributed by atoms with E-state index in [4.69, 9.17) is 4.74 Å². The van der Waals surface area contributed by atoms with Gasteiger partial charge in [0.25, 0.3) is 5.91 Å². The maximum absolute atomic E-state index is 12.7. The summed E-state index contributed by atoms with van der Waals surface area (Å²) in [6, 6.07) is 14.5. The van der Waals surface area contributed by atoms with Gasteiger partial charge in [-0.3, -0.25) is 9.59 Å². The SMILES string of the molecule is COc1ccc(C(CC(=O)O)NC(=O)c2cc(O)n(-c3ccccc3)n2)c(C)c1. The average molecular weight is 395 g/mol. The predicted molar refractivity (Wildman–Crippen MR) is 105 cm³/mol. The number of hydrogen-bond donors (Lipinski definition) is 3. The molecule has 29 heavy (non-hydrogen) atoms. The van der Waals surface area contributed by atoms with Gasteiger partial charge in [0.05, 0.1) is 25.3 Å². The number of aromatic nitrogens is 2. The van der Waals surface area contributed by atoms with E-state index in [1.807, 2.05) is 13.0 Å². The van der Waals surface area contributed by atoms with Crippen LogP contribution in [-0.2, 0) is 4.79 Å². The molecule has 0 aliphatic carbocycles. The number of carboxylic acid groups (broad SMARTS) is 1. The first kappa shape index (κ1) is 19.9. The predicted octanol–water partition coefficient (Wildman–Crippen LogP) is 2.84. The minimum absolute atomic E-state index is 0.0205. The fourth-order valence-corrected chi connectivity index (χ4v) is 3.05. The van der Waals surface area contributed by atoms with Gasteiger partial charge in [-0.1, -0.05) is 24.3 Å². The normalized spacial score (nSPS) is 11.7. The molecule has 150 valence electrons. The van der Waals surface area contributed by atoms with E-state index < -0.39 is 17.9 Å². The second kappa shape index (κ2) is 8.47. The fraction of sp³-hybridized carbons (Fsp3) is 0.190. The highest BCUT2D eigenvalue weighted by Crippen LogP contribution is 2.26. The number of carbonyl (C=O) groups is 2. The van der Waals surface area contributed by atoms with Crippen LogP contribution in [0.4, 0.5) is 0 Å². The topological polar surface area (TPSA) is 114 Å². The van der Waals surface area contributed by atoms with Gasteiger partial charge < -0.3 is 20.3 Å². The summed E-state index contributed by atoms with van der Waals surface area (Å²) in [5.41, 5.74) is 2.02. The summed E-state index contributed by atoms with van der Waals surface area (Å²) in [4.78, 5) is 24.1. The van der Waals surface area contributed by atoms with E-state index in [1.165, 1.54) is 10.7 Å². The molecular formula is C21H21N3O5. The summed E-state index contributed by atoms with van der Waals surface area (Å²) >= 11 is 0. The van der Waals surface area contributed by atoms with Gasteiger partial charge in [-0.25, -0.2) is 4.68 Å². The van der Waals surface area contributed by atoms with Gasteiger partial charge in [-0.05, 0) is 42.3 Å². The molecule has 0 bridgehead atoms. The van der Waals surface area contributed by atoms with Gasteiger partial charge in [-0.15, -0.1) is 0 Å². The third-order valence-electron chi connectivity index (χ3n) is 4.46. The zero-order valence-electron chi connectivity index (χ0n) is 16.0. The first-order chi connectivity index (χ1) is 13.9. The van der Waals surface area contributed by atoms with Crippen molar-refractivity contribution in [3.8, 4) is 17.3 Å². The lowest BCUT2D eigenvalue weighted by molar-refractivity contribution is -0.137. The van der Waals surface area contributed by atoms with Gasteiger partial charge in [-0.2, -0.15) is 5.10 Å². The number of amides is 1. The molecule has 3 aromatic rings. The Hall–Kier alpha value is -3.81. The van der Waals surface area contributed by atoms with Crippen LogP contribution in [0.2, 0.25) is 0 Å². The summed E-state index contributed by atoms with van der Waals surface area (Å²) in [5.74, 6) is -1.20. The Morgan fingerprint density at radius 2 is 1.90 bits per heavy atom. The smallest absolute Gasteiger partial charge is 0.305 e. The number of hydrogen-bond acceptors (Lipinski definition) is 5. The highest BCUT2D eigenvalue weighted by Gasteiger charge is 2.23. The standard InChI is InChI=1S/C21H21N3O5/c1-13-10-15(29-2)8-9-16(13)17(12-20(26)27)22-21(28)18-11-19(25)24(23-18)14-6-4-3-5-7-14/h3-11,17,25H,12H2,1-2H3,(H,22,28)(H,26,27). The lowest BCUT2D eigenvalue weighted by Crippen LogP contribution is -2.31. The van der Waals surface area contributed by atoms with Crippen molar-refractivity contribution in [2.45, 2.75) is 19.4 Å². The zero-order chi connectivity index (χ0) is 21.0. The first-order valence-electron chi connectivity index (χ1n) is 8.90. The Kier molecular flexibility index (Phi) is 5.82. The van der Waals surface area contributed by atoms with E-state index in [9.17, 15) is 19.8 Å². The Bertz CT molecular complexity index is 1030. The number of aryl methyl sites for hydroxylation is 1. The van der Waals surface area contributed by atoms with Crippen molar-refractivity contribution in [1.29, 1.82) is 0 Å². The minimum Gasteiger partial charge on any atom is -0.497 e. The number of rotatable bonds is 7. The summed E-state index contributed by atoms with van der Waals surface area (Å²) in [6.07, 6.45) is -0.301. The van der Waals surface area contributed by atoms with Crippen LogP contribution in [0.15, 0.2) is 54.6 Å². The van der Waals surface area contributed by atoms with Crippen molar-refractivity contribution >= 4 is 11.9 Å². The van der Waals surface area contributed by atoms with Crippen LogP contribution in [0, 0.1) is 6.92 Å². The number of nitrogens with one attached hydrogen (secondary N) is 1. The van der Waals surface area contributed by atoms with Crippen LogP contribution in [0.25, 0.3) is 5.69 Å². The molecule has 1 amide bonds. The number of benzene rings is 2. The van der Waals surface area contributed by atoms with Crippen molar-refractivity contribution in [2.24, 2.45) is 0 Å². The Labute approximate surface area is 167 Å². The van der Waals surface area contributed by atoms with Crippen molar-refractivity contribution in [2.75, 3.05) is 7.11 Å². The molecule has 0 saturated heterocycles. The van der Waals surface area contributed by atoms with Gasteiger partial charge in [0.2, 0.25) is 5.88 Å². The Morgan fingerprint density at radius 3 is 2.52 bits per heavy atom. The van der Waals surface area contributed by atoms with Crippen molar-refractivity contribution in [1.82, 2.24) is 15.1 Å². The summed E-state index contributed by atoms with van der Waals surface area (Å²) in [7, 11) is 1.54. The van der Waals surface area contributed by atoms with Crippen molar-refractivity contribution < 1.29 is 24.5 Å². The number of carboxylic acids is 1. The van der Waals surface area contributed by atoms with Gasteiger partial charge in [0, 0.05) is 6.07 Å². The Morgan fingerprint density at radius 1 is 1.17 bits per heavy atom. The summed E-state index contributed by atoms with van der Waals surface area (Å²) in [5, 5.41) is 26.3. The van der Waals surface area contributed by atoms with Crippen molar-refractivity contribution in [3.05, 3.63) is 71.4 Å². The van der Waals surface area contributed by atoms with Gasteiger partial charge in [0.1, 0.15) is 5.75 Å². The molecule has 0 aliphatic rings. The highest BCUT2D eigenvalue weighted by atomic mass is 16.5. The highest BCUT2D eigenvalue weighted by molar-refractivity contribution is 5.93. The molecule has 1 aromatic heterocycles.